The van der Waals surface area contributed by atoms with Gasteiger partial charge in [-0.3, -0.25) is 0 Å². The number of pyridine rings is 1. The summed E-state index contributed by atoms with van der Waals surface area (Å²) in [5.41, 5.74) is 1.92. The van der Waals surface area contributed by atoms with Crippen molar-refractivity contribution in [2.45, 2.75) is 39.1 Å². The summed E-state index contributed by atoms with van der Waals surface area (Å²) in [5.74, 6) is 0.617. The first-order valence-corrected chi connectivity index (χ1v) is 11.4. The van der Waals surface area contributed by atoms with Crippen LogP contribution in [0.3, 0.4) is 0 Å². The number of hydrogen-bond donors (Lipinski definition) is 4. The van der Waals surface area contributed by atoms with E-state index in [1.807, 2.05) is 13.1 Å². The molecule has 1 unspecified atom stereocenters. The molecule has 1 aliphatic heterocycles. The highest BCUT2D eigenvalue weighted by Gasteiger charge is 2.44. The van der Waals surface area contributed by atoms with Gasteiger partial charge in [-0.2, -0.15) is 0 Å². The molecule has 4 N–H and O–H groups in total. The van der Waals surface area contributed by atoms with Crippen LogP contribution in [0.15, 0.2) is 36.5 Å². The minimum absolute atomic E-state index is 0.0349. The van der Waals surface area contributed by atoms with Crippen LogP contribution in [0.5, 0.6) is 5.75 Å². The standard InChI is InChI=1S/C24H33F3N4O3/c1-4-16(5-2)21(28-3)20-19(31-12-23(13-31,14-32)15-33)10-11-29-22(20)30-17-6-8-18(9-7-17)34-24(25,26)27/h6-11,16,21,28,32-33H,4-5,12-15H2,1-3H3,(H,29,30). The second-order valence-corrected chi connectivity index (χ2v) is 8.80. The van der Waals surface area contributed by atoms with E-state index >= 15 is 0 Å². The lowest BCUT2D eigenvalue weighted by Gasteiger charge is -2.50. The minimum atomic E-state index is -4.75. The molecule has 0 amide bonds. The second-order valence-electron chi connectivity index (χ2n) is 8.80. The minimum Gasteiger partial charge on any atom is -0.406 e. The molecule has 2 heterocycles. The van der Waals surface area contributed by atoms with Gasteiger partial charge in [0.05, 0.1) is 18.6 Å². The van der Waals surface area contributed by atoms with Crippen LogP contribution in [0, 0.1) is 11.3 Å². The number of rotatable bonds is 11. The van der Waals surface area contributed by atoms with Crippen molar-refractivity contribution in [1.82, 2.24) is 10.3 Å². The predicted octanol–water partition coefficient (Wildman–Crippen LogP) is 4.21. The van der Waals surface area contributed by atoms with E-state index in [1.54, 1.807) is 6.20 Å². The molecule has 1 aliphatic rings. The first-order valence-electron chi connectivity index (χ1n) is 11.4. The Kier molecular flexibility index (Phi) is 8.27. The number of alkyl halides is 3. The summed E-state index contributed by atoms with van der Waals surface area (Å²) in [6.45, 7) is 5.10. The third-order valence-corrected chi connectivity index (χ3v) is 6.52. The summed E-state index contributed by atoms with van der Waals surface area (Å²) < 4.78 is 41.4. The van der Waals surface area contributed by atoms with Crippen LogP contribution in [0.4, 0.5) is 30.4 Å². The number of aromatic nitrogens is 1. The molecule has 3 rings (SSSR count). The average Bonchev–Trinajstić information content (AvgIpc) is 2.78. The van der Waals surface area contributed by atoms with E-state index in [9.17, 15) is 23.4 Å². The van der Waals surface area contributed by atoms with Crippen molar-refractivity contribution in [3.63, 3.8) is 0 Å². The molecule has 10 heteroatoms. The summed E-state index contributed by atoms with van der Waals surface area (Å²) in [6, 6.07) is 7.41. The van der Waals surface area contributed by atoms with Gasteiger partial charge in [0.1, 0.15) is 11.6 Å². The van der Waals surface area contributed by atoms with Crippen molar-refractivity contribution in [2.24, 2.45) is 11.3 Å². The Labute approximate surface area is 198 Å². The molecule has 0 bridgehead atoms. The Morgan fingerprint density at radius 2 is 1.71 bits per heavy atom. The zero-order valence-electron chi connectivity index (χ0n) is 19.7. The Morgan fingerprint density at radius 3 is 2.21 bits per heavy atom. The van der Waals surface area contributed by atoms with Crippen molar-refractivity contribution >= 4 is 17.2 Å². The number of aliphatic hydroxyl groups is 2. The van der Waals surface area contributed by atoms with Crippen LogP contribution >= 0.6 is 0 Å². The number of nitrogens with one attached hydrogen (secondary N) is 2. The molecule has 1 aromatic heterocycles. The van der Waals surface area contributed by atoms with Gasteiger partial charge >= 0.3 is 6.36 Å². The van der Waals surface area contributed by atoms with Crippen LogP contribution in [0.2, 0.25) is 0 Å². The number of nitrogens with zero attached hydrogens (tertiary/aromatic N) is 2. The highest BCUT2D eigenvalue weighted by atomic mass is 19.4. The van der Waals surface area contributed by atoms with Crippen LogP contribution < -0.4 is 20.3 Å². The molecule has 0 radical (unpaired) electrons. The van der Waals surface area contributed by atoms with Gasteiger partial charge in [0.25, 0.3) is 0 Å². The molecular formula is C24H33F3N4O3. The molecular weight excluding hydrogens is 449 g/mol. The summed E-state index contributed by atoms with van der Waals surface area (Å²) in [6.07, 6.45) is -1.18. The molecule has 0 spiro atoms. The lowest BCUT2D eigenvalue weighted by atomic mass is 9.80. The van der Waals surface area contributed by atoms with Crippen LogP contribution in [-0.2, 0) is 0 Å². The van der Waals surface area contributed by atoms with Crippen LogP contribution in [-0.4, -0.2) is 54.9 Å². The maximum Gasteiger partial charge on any atom is 0.573 e. The van der Waals surface area contributed by atoms with Crippen LogP contribution in [0.1, 0.15) is 38.3 Å². The van der Waals surface area contributed by atoms with Gasteiger partial charge in [-0.1, -0.05) is 26.7 Å². The van der Waals surface area contributed by atoms with Gasteiger partial charge in [0.15, 0.2) is 0 Å². The fourth-order valence-corrected chi connectivity index (χ4v) is 4.58. The monoisotopic (exact) mass is 482 g/mol. The molecule has 1 aromatic carbocycles. The molecule has 1 saturated heterocycles. The topological polar surface area (TPSA) is 89.9 Å². The average molecular weight is 483 g/mol. The van der Waals surface area contributed by atoms with Crippen molar-refractivity contribution in [1.29, 1.82) is 0 Å². The van der Waals surface area contributed by atoms with Crippen molar-refractivity contribution < 1.29 is 28.1 Å². The molecule has 0 aliphatic carbocycles. The molecule has 34 heavy (non-hydrogen) atoms. The number of aliphatic hydroxyl groups excluding tert-OH is 2. The summed E-state index contributed by atoms with van der Waals surface area (Å²) in [7, 11) is 1.90. The lowest BCUT2D eigenvalue weighted by molar-refractivity contribution is -0.274. The maximum absolute atomic E-state index is 12.5. The number of ether oxygens (including phenoxy) is 1. The molecule has 188 valence electrons. The highest BCUT2D eigenvalue weighted by Crippen LogP contribution is 2.43. The Morgan fingerprint density at radius 1 is 1.09 bits per heavy atom. The SMILES string of the molecule is CCC(CC)C(NC)c1c(N2CC(CO)(CO)C2)ccnc1Nc1ccc(OC(F)(F)F)cc1. The Balaban J connectivity index is 1.96. The van der Waals surface area contributed by atoms with E-state index in [0.717, 1.165) is 24.1 Å². The second kappa shape index (κ2) is 10.8. The lowest BCUT2D eigenvalue weighted by Crippen LogP contribution is -2.60. The van der Waals surface area contributed by atoms with E-state index in [2.05, 4.69) is 39.1 Å². The normalized spacial score (nSPS) is 16.3. The predicted molar refractivity (Wildman–Crippen MR) is 125 cm³/mol. The van der Waals surface area contributed by atoms with E-state index < -0.39 is 11.8 Å². The molecule has 1 fully saturated rings. The zero-order valence-corrected chi connectivity index (χ0v) is 19.7. The summed E-state index contributed by atoms with van der Waals surface area (Å²) in [4.78, 5) is 6.68. The summed E-state index contributed by atoms with van der Waals surface area (Å²) in [5, 5.41) is 26.1. The molecule has 2 aromatic rings. The first kappa shape index (κ1) is 26.1. The van der Waals surface area contributed by atoms with Gasteiger partial charge in [-0.25, -0.2) is 4.98 Å². The van der Waals surface area contributed by atoms with Crippen LogP contribution in [0.25, 0.3) is 0 Å². The number of hydrogen-bond acceptors (Lipinski definition) is 7. The largest absolute Gasteiger partial charge is 0.573 e. The molecule has 7 nitrogen and oxygen atoms in total. The Hall–Kier alpha value is -2.56. The fourth-order valence-electron chi connectivity index (χ4n) is 4.58. The first-order chi connectivity index (χ1) is 16.2. The zero-order chi connectivity index (χ0) is 24.9. The van der Waals surface area contributed by atoms with Gasteiger partial charge in [-0.15, -0.1) is 13.2 Å². The van der Waals surface area contributed by atoms with E-state index in [0.29, 0.717) is 30.5 Å². The van der Waals surface area contributed by atoms with E-state index in [1.165, 1.54) is 24.3 Å². The molecule has 0 saturated carbocycles. The van der Waals surface area contributed by atoms with Crippen molar-refractivity contribution in [2.75, 3.05) is 43.6 Å². The van der Waals surface area contributed by atoms with Gasteiger partial charge in [0, 0.05) is 42.3 Å². The maximum atomic E-state index is 12.5. The number of halogens is 3. The van der Waals surface area contributed by atoms with Gasteiger partial charge < -0.3 is 30.5 Å². The summed E-state index contributed by atoms with van der Waals surface area (Å²) >= 11 is 0. The van der Waals surface area contributed by atoms with Crippen molar-refractivity contribution in [3.8, 4) is 5.75 Å². The van der Waals surface area contributed by atoms with E-state index in [-0.39, 0.29) is 25.0 Å². The number of benzene rings is 1. The third-order valence-electron chi connectivity index (χ3n) is 6.52. The van der Waals surface area contributed by atoms with E-state index in [4.69, 9.17) is 0 Å². The highest BCUT2D eigenvalue weighted by molar-refractivity contribution is 5.70. The Bertz CT molecular complexity index is 924. The van der Waals surface area contributed by atoms with Gasteiger partial charge in [-0.05, 0) is 43.3 Å². The smallest absolute Gasteiger partial charge is 0.406 e. The van der Waals surface area contributed by atoms with Gasteiger partial charge in [0.2, 0.25) is 0 Å². The molecule has 1 atom stereocenters. The number of anilines is 3. The van der Waals surface area contributed by atoms with Crippen molar-refractivity contribution in [3.05, 3.63) is 42.1 Å². The third kappa shape index (κ3) is 5.73. The fraction of sp³-hybridized carbons (Fsp3) is 0.542. The quantitative estimate of drug-likeness (QED) is 0.382.